The third-order valence-electron chi connectivity index (χ3n) is 7.70. The normalized spacial score (nSPS) is 27.9. The van der Waals surface area contributed by atoms with Gasteiger partial charge in [-0.2, -0.15) is 0 Å². The zero-order chi connectivity index (χ0) is 23.5. The fourth-order valence-corrected chi connectivity index (χ4v) is 5.95. The Morgan fingerprint density at radius 2 is 2.12 bits per heavy atom. The van der Waals surface area contributed by atoms with Crippen molar-refractivity contribution in [2.75, 3.05) is 33.3 Å². The topological polar surface area (TPSA) is 106 Å². The molecule has 184 valence electrons. The summed E-state index contributed by atoms with van der Waals surface area (Å²) in [5.74, 6) is 0.0701. The number of likely N-dealkylation sites (tertiary alicyclic amines) is 1. The highest BCUT2D eigenvalue weighted by Gasteiger charge is 2.39. The lowest BCUT2D eigenvalue weighted by atomic mass is 9.83. The van der Waals surface area contributed by atoms with Crippen molar-refractivity contribution in [3.8, 4) is 0 Å². The summed E-state index contributed by atoms with van der Waals surface area (Å²) < 4.78 is 11.7. The van der Waals surface area contributed by atoms with E-state index in [1.54, 1.807) is 23.4 Å². The average Bonchev–Trinajstić information content (AvgIpc) is 3.63. The molecule has 3 fully saturated rings. The van der Waals surface area contributed by atoms with Crippen molar-refractivity contribution < 1.29 is 18.7 Å². The van der Waals surface area contributed by atoms with E-state index in [4.69, 9.17) is 9.15 Å². The first-order chi connectivity index (χ1) is 16.6. The molecule has 2 aromatic rings. The number of aromatic nitrogens is 3. The van der Waals surface area contributed by atoms with Crippen LogP contribution in [0.2, 0.25) is 0 Å². The number of carbonyl (C=O) groups excluding carboxylic acids is 2. The SMILES string of the molecule is COC(=O)c1cn([C@H]2C[C@@H](C(=O)NC[C@@H]3CCCN4CCCC[C@H]34)N(Cc3ccoc3)C2)nn1. The lowest BCUT2D eigenvalue weighted by Gasteiger charge is -2.44. The summed E-state index contributed by atoms with van der Waals surface area (Å²) in [5, 5.41) is 11.4. The van der Waals surface area contributed by atoms with E-state index in [0.29, 0.717) is 31.5 Å². The summed E-state index contributed by atoms with van der Waals surface area (Å²) in [4.78, 5) is 30.0. The molecule has 4 atom stereocenters. The maximum Gasteiger partial charge on any atom is 0.360 e. The molecule has 1 N–H and O–H groups in total. The third kappa shape index (κ3) is 4.88. The molecule has 0 radical (unpaired) electrons. The Hall–Kier alpha value is -2.72. The first-order valence-corrected chi connectivity index (χ1v) is 12.4. The number of amides is 1. The van der Waals surface area contributed by atoms with E-state index in [0.717, 1.165) is 12.1 Å². The van der Waals surface area contributed by atoms with Crippen molar-refractivity contribution in [2.45, 2.75) is 63.2 Å². The molecule has 10 heteroatoms. The van der Waals surface area contributed by atoms with Gasteiger partial charge in [-0.15, -0.1) is 5.10 Å². The number of piperidine rings is 2. The maximum atomic E-state index is 13.4. The molecular weight excluding hydrogens is 436 g/mol. The molecule has 0 spiro atoms. The molecule has 3 aliphatic heterocycles. The van der Waals surface area contributed by atoms with Gasteiger partial charge in [0.15, 0.2) is 5.69 Å². The third-order valence-corrected chi connectivity index (χ3v) is 7.70. The molecule has 5 rings (SSSR count). The zero-order valence-electron chi connectivity index (χ0n) is 19.8. The van der Waals surface area contributed by atoms with Gasteiger partial charge in [0, 0.05) is 31.2 Å². The first-order valence-electron chi connectivity index (χ1n) is 12.4. The summed E-state index contributed by atoms with van der Waals surface area (Å²) >= 11 is 0. The number of nitrogens with one attached hydrogen (secondary N) is 1. The second kappa shape index (κ2) is 10.3. The van der Waals surface area contributed by atoms with Gasteiger partial charge < -0.3 is 19.4 Å². The highest BCUT2D eigenvalue weighted by atomic mass is 16.5. The second-order valence-corrected chi connectivity index (χ2v) is 9.79. The summed E-state index contributed by atoms with van der Waals surface area (Å²) in [7, 11) is 1.32. The van der Waals surface area contributed by atoms with Gasteiger partial charge in [-0.3, -0.25) is 9.69 Å². The number of furan rings is 1. The summed E-state index contributed by atoms with van der Waals surface area (Å²) in [5.41, 5.74) is 1.20. The Morgan fingerprint density at radius 1 is 1.24 bits per heavy atom. The molecule has 5 heterocycles. The smallest absolute Gasteiger partial charge is 0.360 e. The van der Waals surface area contributed by atoms with Gasteiger partial charge in [-0.05, 0) is 57.2 Å². The molecule has 3 aliphatic rings. The molecular formula is C24H34N6O4. The largest absolute Gasteiger partial charge is 0.472 e. The number of carbonyl (C=O) groups is 2. The number of fused-ring (bicyclic) bond motifs is 1. The second-order valence-electron chi connectivity index (χ2n) is 9.79. The van der Waals surface area contributed by atoms with Gasteiger partial charge >= 0.3 is 5.97 Å². The maximum absolute atomic E-state index is 13.4. The van der Waals surface area contributed by atoms with Crippen LogP contribution in [0.5, 0.6) is 0 Å². The predicted molar refractivity (Wildman–Crippen MR) is 123 cm³/mol. The van der Waals surface area contributed by atoms with Crippen molar-refractivity contribution >= 4 is 11.9 Å². The minimum Gasteiger partial charge on any atom is -0.472 e. The van der Waals surface area contributed by atoms with Gasteiger partial charge in [-0.25, -0.2) is 9.48 Å². The monoisotopic (exact) mass is 470 g/mol. The molecule has 0 bridgehead atoms. The van der Waals surface area contributed by atoms with E-state index in [1.165, 1.54) is 52.3 Å². The van der Waals surface area contributed by atoms with Crippen molar-refractivity contribution in [3.63, 3.8) is 0 Å². The molecule has 0 aliphatic carbocycles. The van der Waals surface area contributed by atoms with Crippen LogP contribution in [0.3, 0.4) is 0 Å². The Kier molecular flexibility index (Phi) is 6.96. The molecule has 0 aromatic carbocycles. The van der Waals surface area contributed by atoms with Crippen molar-refractivity contribution in [1.29, 1.82) is 0 Å². The van der Waals surface area contributed by atoms with Crippen LogP contribution in [-0.4, -0.2) is 82.0 Å². The van der Waals surface area contributed by atoms with E-state index in [9.17, 15) is 9.59 Å². The Bertz CT molecular complexity index is 974. The van der Waals surface area contributed by atoms with Crippen LogP contribution in [0, 0.1) is 5.92 Å². The zero-order valence-corrected chi connectivity index (χ0v) is 19.8. The Labute approximate surface area is 199 Å². The number of hydrogen-bond acceptors (Lipinski definition) is 8. The van der Waals surface area contributed by atoms with Crippen molar-refractivity contribution in [2.24, 2.45) is 5.92 Å². The van der Waals surface area contributed by atoms with Crippen LogP contribution in [0.1, 0.15) is 60.6 Å². The molecule has 3 saturated heterocycles. The van der Waals surface area contributed by atoms with Crippen LogP contribution < -0.4 is 5.32 Å². The highest BCUT2D eigenvalue weighted by molar-refractivity contribution is 5.86. The van der Waals surface area contributed by atoms with Gasteiger partial charge in [0.25, 0.3) is 0 Å². The molecule has 0 saturated carbocycles. The van der Waals surface area contributed by atoms with E-state index in [-0.39, 0.29) is 23.7 Å². The Balaban J connectivity index is 1.26. The van der Waals surface area contributed by atoms with E-state index in [1.807, 2.05) is 6.07 Å². The van der Waals surface area contributed by atoms with Crippen LogP contribution >= 0.6 is 0 Å². The number of methoxy groups -OCH3 is 1. The molecule has 0 unspecified atom stereocenters. The number of ether oxygens (including phenoxy) is 1. The fraction of sp³-hybridized carbons (Fsp3) is 0.667. The first kappa shape index (κ1) is 23.0. The molecule has 10 nitrogen and oxygen atoms in total. The van der Waals surface area contributed by atoms with Crippen LogP contribution in [0.4, 0.5) is 0 Å². The summed E-state index contributed by atoms with van der Waals surface area (Å²) in [6, 6.07) is 2.19. The molecule has 34 heavy (non-hydrogen) atoms. The molecule has 2 aromatic heterocycles. The van der Waals surface area contributed by atoms with Gasteiger partial charge in [0.1, 0.15) is 0 Å². The summed E-state index contributed by atoms with van der Waals surface area (Å²) in [6.45, 7) is 4.37. The van der Waals surface area contributed by atoms with Gasteiger partial charge in [0.05, 0.1) is 37.9 Å². The fourth-order valence-electron chi connectivity index (χ4n) is 5.95. The van der Waals surface area contributed by atoms with Gasteiger partial charge in [0.2, 0.25) is 5.91 Å². The van der Waals surface area contributed by atoms with Crippen LogP contribution in [0.25, 0.3) is 0 Å². The van der Waals surface area contributed by atoms with Crippen LogP contribution in [0.15, 0.2) is 29.2 Å². The van der Waals surface area contributed by atoms with Crippen molar-refractivity contribution in [1.82, 2.24) is 30.1 Å². The standard InChI is InChI=1S/C24H34N6O4/c1-33-24(32)20-15-30(27-26-20)19-11-22(29(14-19)13-17-7-10-34-16-17)23(31)25-12-18-5-4-9-28-8-3-2-6-21(18)28/h7,10,15-16,18-19,21-22H,2-6,8-9,11-14H2,1H3,(H,25,31)/t18-,19-,21+,22-/m0/s1. The minimum absolute atomic E-state index is 0.0583. The number of hydrogen-bond donors (Lipinski definition) is 1. The van der Waals surface area contributed by atoms with E-state index >= 15 is 0 Å². The number of rotatable bonds is 7. The number of nitrogens with zero attached hydrogens (tertiary/aromatic N) is 5. The van der Waals surface area contributed by atoms with Crippen LogP contribution in [-0.2, 0) is 16.1 Å². The highest BCUT2D eigenvalue weighted by Crippen LogP contribution is 2.32. The lowest BCUT2D eigenvalue weighted by Crippen LogP contribution is -2.52. The van der Waals surface area contributed by atoms with E-state index < -0.39 is 5.97 Å². The average molecular weight is 471 g/mol. The van der Waals surface area contributed by atoms with Gasteiger partial charge in [-0.1, -0.05) is 11.6 Å². The van der Waals surface area contributed by atoms with E-state index in [2.05, 4.69) is 25.4 Å². The predicted octanol–water partition coefficient (Wildman–Crippen LogP) is 1.85. The number of esters is 1. The lowest BCUT2D eigenvalue weighted by molar-refractivity contribution is -0.126. The molecule has 1 amide bonds. The Morgan fingerprint density at radius 3 is 2.94 bits per heavy atom. The minimum atomic E-state index is -0.516. The summed E-state index contributed by atoms with van der Waals surface area (Å²) in [6.07, 6.45) is 11.8. The quantitative estimate of drug-likeness (QED) is 0.612. The van der Waals surface area contributed by atoms with Crippen molar-refractivity contribution in [3.05, 3.63) is 36.0 Å².